The molecule has 0 bridgehead atoms. The lowest BCUT2D eigenvalue weighted by atomic mass is 10.1. The van der Waals surface area contributed by atoms with Crippen LogP contribution in [0.25, 0.3) is 0 Å². The van der Waals surface area contributed by atoms with Crippen LogP contribution in [0.15, 0.2) is 0 Å². The number of piperidine rings is 1. The first kappa shape index (κ1) is 14.7. The van der Waals surface area contributed by atoms with Gasteiger partial charge in [0.1, 0.15) is 0 Å². The highest BCUT2D eigenvalue weighted by Crippen LogP contribution is 2.20. The number of hydrogen-bond donors (Lipinski definition) is 3. The lowest BCUT2D eigenvalue weighted by Crippen LogP contribution is -2.36. The van der Waals surface area contributed by atoms with Crippen LogP contribution in [0.1, 0.15) is 26.2 Å². The summed E-state index contributed by atoms with van der Waals surface area (Å²) in [5, 5.41) is 9.25. The molecule has 1 aliphatic heterocycles. The Morgan fingerprint density at radius 1 is 1.30 bits per heavy atom. The number of nitrogens with zero attached hydrogens (tertiary/aromatic N) is 5. The van der Waals surface area contributed by atoms with Crippen LogP contribution >= 0.6 is 0 Å². The van der Waals surface area contributed by atoms with Crippen molar-refractivity contribution in [3.8, 4) is 0 Å². The Morgan fingerprint density at radius 2 is 2.00 bits per heavy atom. The number of hydrazine groups is 1. The second-order valence-corrected chi connectivity index (χ2v) is 5.09. The fraction of sp³-hybridized carbons (Fsp3) is 0.750. The molecule has 1 aromatic heterocycles. The van der Waals surface area contributed by atoms with Gasteiger partial charge < -0.3 is 14.9 Å². The van der Waals surface area contributed by atoms with Crippen LogP contribution in [0.5, 0.6) is 0 Å². The summed E-state index contributed by atoms with van der Waals surface area (Å²) in [7, 11) is 1.84. The van der Waals surface area contributed by atoms with E-state index in [-0.39, 0.29) is 12.6 Å². The molecule has 2 rings (SSSR count). The lowest BCUT2D eigenvalue weighted by Gasteiger charge is -2.28. The van der Waals surface area contributed by atoms with Gasteiger partial charge in [-0.1, -0.05) is 0 Å². The first-order valence-corrected chi connectivity index (χ1v) is 6.97. The van der Waals surface area contributed by atoms with Gasteiger partial charge in [-0.25, -0.2) is 5.84 Å². The molecular formula is C12H23N7O. The molecule has 1 unspecified atom stereocenters. The molecule has 0 amide bonds. The monoisotopic (exact) mass is 281 g/mol. The largest absolute Gasteiger partial charge is 0.394 e. The fourth-order valence-corrected chi connectivity index (χ4v) is 2.13. The van der Waals surface area contributed by atoms with Gasteiger partial charge in [0, 0.05) is 20.1 Å². The zero-order chi connectivity index (χ0) is 14.5. The molecule has 2 heterocycles. The van der Waals surface area contributed by atoms with E-state index in [1.165, 1.54) is 6.42 Å². The van der Waals surface area contributed by atoms with Crippen LogP contribution in [0.4, 0.5) is 17.8 Å². The predicted octanol–water partition coefficient (Wildman–Crippen LogP) is -0.0355. The number of nitrogen functional groups attached to an aromatic ring is 1. The highest BCUT2D eigenvalue weighted by molar-refractivity contribution is 5.45. The summed E-state index contributed by atoms with van der Waals surface area (Å²) in [6.45, 7) is 3.84. The molecule has 1 atom stereocenters. The molecule has 8 nitrogen and oxygen atoms in total. The summed E-state index contributed by atoms with van der Waals surface area (Å²) in [6, 6.07) is -0.0720. The molecule has 0 aromatic carbocycles. The normalized spacial score (nSPS) is 16.9. The van der Waals surface area contributed by atoms with Crippen molar-refractivity contribution in [1.82, 2.24) is 15.0 Å². The molecule has 0 saturated carbocycles. The van der Waals surface area contributed by atoms with Crippen molar-refractivity contribution < 1.29 is 5.11 Å². The average Bonchev–Trinajstić information content (AvgIpc) is 2.53. The number of rotatable bonds is 5. The summed E-state index contributed by atoms with van der Waals surface area (Å²) in [6.07, 6.45) is 3.54. The fourth-order valence-electron chi connectivity index (χ4n) is 2.13. The standard InChI is InChI=1S/C12H23N7O/c1-9(8-20)18(2)11-14-10(17-13)15-12(16-11)19-6-4-3-5-7-19/h9,20H,3-8,13H2,1-2H3,(H,14,15,16,17). The minimum absolute atomic E-state index is 0.0343. The topological polar surface area (TPSA) is 103 Å². The first-order valence-electron chi connectivity index (χ1n) is 6.97. The third-order valence-electron chi connectivity index (χ3n) is 3.62. The van der Waals surface area contributed by atoms with Gasteiger partial charge in [0.15, 0.2) is 0 Å². The SMILES string of the molecule is CC(CO)N(C)c1nc(NN)nc(N2CCCCC2)n1. The molecule has 1 fully saturated rings. The first-order chi connectivity index (χ1) is 9.65. The van der Waals surface area contributed by atoms with E-state index in [4.69, 9.17) is 5.84 Å². The zero-order valence-corrected chi connectivity index (χ0v) is 12.1. The second-order valence-electron chi connectivity index (χ2n) is 5.09. The minimum Gasteiger partial charge on any atom is -0.394 e. The lowest BCUT2D eigenvalue weighted by molar-refractivity contribution is 0.269. The van der Waals surface area contributed by atoms with Crippen LogP contribution in [-0.4, -0.2) is 52.8 Å². The molecule has 4 N–H and O–H groups in total. The number of likely N-dealkylation sites (N-methyl/N-ethyl adjacent to an activating group) is 1. The van der Waals surface area contributed by atoms with Gasteiger partial charge in [-0.05, 0) is 26.2 Å². The average molecular weight is 281 g/mol. The molecule has 112 valence electrons. The van der Waals surface area contributed by atoms with Gasteiger partial charge in [0.05, 0.1) is 12.6 Å². The Balaban J connectivity index is 2.27. The van der Waals surface area contributed by atoms with Crippen molar-refractivity contribution in [3.63, 3.8) is 0 Å². The van der Waals surface area contributed by atoms with E-state index in [1.54, 1.807) is 0 Å². The highest BCUT2D eigenvalue weighted by Gasteiger charge is 2.19. The number of nitrogens with one attached hydrogen (secondary N) is 1. The van der Waals surface area contributed by atoms with Crippen LogP contribution in [0, 0.1) is 0 Å². The number of aromatic nitrogens is 3. The van der Waals surface area contributed by atoms with Crippen molar-refractivity contribution in [3.05, 3.63) is 0 Å². The van der Waals surface area contributed by atoms with Crippen molar-refractivity contribution in [2.24, 2.45) is 5.84 Å². The smallest absolute Gasteiger partial charge is 0.243 e. The molecule has 20 heavy (non-hydrogen) atoms. The molecular weight excluding hydrogens is 258 g/mol. The van der Waals surface area contributed by atoms with Gasteiger partial charge in [0.25, 0.3) is 0 Å². The maximum atomic E-state index is 9.25. The third-order valence-corrected chi connectivity index (χ3v) is 3.62. The Hall–Kier alpha value is -1.67. The van der Waals surface area contributed by atoms with Crippen molar-refractivity contribution in [1.29, 1.82) is 0 Å². The van der Waals surface area contributed by atoms with E-state index in [0.717, 1.165) is 25.9 Å². The number of aliphatic hydroxyl groups excluding tert-OH is 1. The van der Waals surface area contributed by atoms with E-state index < -0.39 is 0 Å². The predicted molar refractivity (Wildman–Crippen MR) is 78.7 cm³/mol. The van der Waals surface area contributed by atoms with E-state index in [9.17, 15) is 5.11 Å². The maximum absolute atomic E-state index is 9.25. The van der Waals surface area contributed by atoms with Crippen LogP contribution in [0.3, 0.4) is 0 Å². The zero-order valence-electron chi connectivity index (χ0n) is 12.1. The van der Waals surface area contributed by atoms with E-state index >= 15 is 0 Å². The van der Waals surface area contributed by atoms with Crippen LogP contribution < -0.4 is 21.1 Å². The molecule has 0 aliphatic carbocycles. The van der Waals surface area contributed by atoms with Gasteiger partial charge in [0.2, 0.25) is 17.8 Å². The summed E-state index contributed by atoms with van der Waals surface area (Å²) in [4.78, 5) is 17.0. The number of nitrogens with two attached hydrogens (primary N) is 1. The minimum atomic E-state index is -0.0720. The number of hydrogen-bond acceptors (Lipinski definition) is 8. The third kappa shape index (κ3) is 3.26. The molecule has 8 heteroatoms. The summed E-state index contributed by atoms with van der Waals surface area (Å²) in [5.74, 6) is 6.92. The molecule has 1 aliphatic rings. The molecule has 0 radical (unpaired) electrons. The Morgan fingerprint density at radius 3 is 2.60 bits per heavy atom. The summed E-state index contributed by atoms with van der Waals surface area (Å²) in [5.41, 5.74) is 2.48. The van der Waals surface area contributed by atoms with Gasteiger partial charge >= 0.3 is 0 Å². The van der Waals surface area contributed by atoms with Crippen LogP contribution in [-0.2, 0) is 0 Å². The number of anilines is 3. The van der Waals surface area contributed by atoms with Crippen molar-refractivity contribution in [2.75, 3.05) is 42.0 Å². The van der Waals surface area contributed by atoms with Crippen molar-refractivity contribution >= 4 is 17.8 Å². The summed E-state index contributed by atoms with van der Waals surface area (Å²) < 4.78 is 0. The Labute approximate surface area is 119 Å². The second kappa shape index (κ2) is 6.67. The van der Waals surface area contributed by atoms with Crippen LogP contribution in [0.2, 0.25) is 0 Å². The molecule has 1 aromatic rings. The maximum Gasteiger partial charge on any atom is 0.243 e. The van der Waals surface area contributed by atoms with E-state index in [0.29, 0.717) is 17.8 Å². The van der Waals surface area contributed by atoms with Gasteiger partial charge in [-0.15, -0.1) is 0 Å². The van der Waals surface area contributed by atoms with E-state index in [2.05, 4.69) is 25.3 Å². The molecule has 1 saturated heterocycles. The van der Waals surface area contributed by atoms with Gasteiger partial charge in [-0.3, -0.25) is 5.43 Å². The van der Waals surface area contributed by atoms with Gasteiger partial charge in [-0.2, -0.15) is 15.0 Å². The number of aliphatic hydroxyl groups is 1. The van der Waals surface area contributed by atoms with Crippen molar-refractivity contribution in [2.45, 2.75) is 32.2 Å². The molecule has 0 spiro atoms. The quantitative estimate of drug-likeness (QED) is 0.510. The Bertz CT molecular complexity index is 416. The summed E-state index contributed by atoms with van der Waals surface area (Å²) >= 11 is 0. The Kier molecular flexibility index (Phi) is 4.91. The highest BCUT2D eigenvalue weighted by atomic mass is 16.3. The van der Waals surface area contributed by atoms with E-state index in [1.807, 2.05) is 18.9 Å².